The molecule has 2 rings (SSSR count). The molecule has 0 bridgehead atoms. The number of hydrogen-bond donors (Lipinski definition) is 1. The number of anilines is 1. The standard InChI is InChI=1S/C12H15NO3S/c1-12(2)7-8-6-9(13-17(3,15)16)4-5-10(8)11(12)14/h4-6,13H,7H2,1-3H3. The molecule has 5 heteroatoms. The summed E-state index contributed by atoms with van der Waals surface area (Å²) in [6.45, 7) is 3.80. The summed E-state index contributed by atoms with van der Waals surface area (Å²) in [5.74, 6) is 0.124. The largest absolute Gasteiger partial charge is 0.294 e. The summed E-state index contributed by atoms with van der Waals surface area (Å²) >= 11 is 0. The molecule has 1 aliphatic rings. The van der Waals surface area contributed by atoms with Gasteiger partial charge in [-0.25, -0.2) is 8.42 Å². The number of carbonyl (C=O) groups is 1. The van der Waals surface area contributed by atoms with Gasteiger partial charge in [-0.05, 0) is 30.2 Å². The van der Waals surface area contributed by atoms with E-state index in [9.17, 15) is 13.2 Å². The van der Waals surface area contributed by atoms with E-state index in [0.29, 0.717) is 17.7 Å². The molecular formula is C12H15NO3S. The summed E-state index contributed by atoms with van der Waals surface area (Å²) in [5, 5.41) is 0. The molecule has 0 fully saturated rings. The molecule has 0 aromatic heterocycles. The summed E-state index contributed by atoms with van der Waals surface area (Å²) in [7, 11) is -3.27. The van der Waals surface area contributed by atoms with Gasteiger partial charge in [-0.3, -0.25) is 9.52 Å². The lowest BCUT2D eigenvalue weighted by Gasteiger charge is -2.12. The second-order valence-corrected chi connectivity index (χ2v) is 6.88. The number of rotatable bonds is 2. The minimum Gasteiger partial charge on any atom is -0.294 e. The molecule has 1 N–H and O–H groups in total. The zero-order chi connectivity index (χ0) is 12.8. The van der Waals surface area contributed by atoms with E-state index >= 15 is 0 Å². The quantitative estimate of drug-likeness (QED) is 0.874. The van der Waals surface area contributed by atoms with Crippen molar-refractivity contribution in [1.82, 2.24) is 0 Å². The second-order valence-electron chi connectivity index (χ2n) is 5.14. The van der Waals surface area contributed by atoms with E-state index in [4.69, 9.17) is 0 Å². The fourth-order valence-corrected chi connectivity index (χ4v) is 2.72. The lowest BCUT2D eigenvalue weighted by atomic mass is 9.89. The van der Waals surface area contributed by atoms with Crippen LogP contribution in [0.15, 0.2) is 18.2 Å². The maximum atomic E-state index is 12.0. The zero-order valence-corrected chi connectivity index (χ0v) is 10.9. The maximum Gasteiger partial charge on any atom is 0.229 e. The molecule has 1 aromatic carbocycles. The summed E-state index contributed by atoms with van der Waals surface area (Å²) < 4.78 is 24.6. The third kappa shape index (κ3) is 2.34. The van der Waals surface area contributed by atoms with Crippen LogP contribution in [0.2, 0.25) is 0 Å². The van der Waals surface area contributed by atoms with E-state index in [2.05, 4.69) is 4.72 Å². The van der Waals surface area contributed by atoms with E-state index in [1.54, 1.807) is 18.2 Å². The van der Waals surface area contributed by atoms with Gasteiger partial charge in [0.15, 0.2) is 5.78 Å². The topological polar surface area (TPSA) is 63.2 Å². The van der Waals surface area contributed by atoms with E-state index in [1.807, 2.05) is 13.8 Å². The van der Waals surface area contributed by atoms with Crippen LogP contribution in [-0.2, 0) is 16.4 Å². The van der Waals surface area contributed by atoms with Crippen molar-refractivity contribution in [2.45, 2.75) is 20.3 Å². The Hall–Kier alpha value is -1.36. The third-order valence-corrected chi connectivity index (χ3v) is 3.51. The molecule has 1 aliphatic carbocycles. The van der Waals surface area contributed by atoms with Crippen molar-refractivity contribution >= 4 is 21.5 Å². The van der Waals surface area contributed by atoms with Crippen molar-refractivity contribution in [2.75, 3.05) is 11.0 Å². The van der Waals surface area contributed by atoms with E-state index < -0.39 is 10.0 Å². The molecule has 0 saturated heterocycles. The molecule has 0 unspecified atom stereocenters. The monoisotopic (exact) mass is 253 g/mol. The van der Waals surface area contributed by atoms with E-state index in [1.165, 1.54) is 0 Å². The van der Waals surface area contributed by atoms with E-state index in [0.717, 1.165) is 11.8 Å². The lowest BCUT2D eigenvalue weighted by Crippen LogP contribution is -2.18. The maximum absolute atomic E-state index is 12.0. The van der Waals surface area contributed by atoms with Gasteiger partial charge in [-0.2, -0.15) is 0 Å². The predicted octanol–water partition coefficient (Wildman–Crippen LogP) is 1.82. The molecule has 0 atom stereocenters. The molecular weight excluding hydrogens is 238 g/mol. The SMILES string of the molecule is CC1(C)Cc2cc(NS(C)(=O)=O)ccc2C1=O. The van der Waals surface area contributed by atoms with Gasteiger partial charge in [0.2, 0.25) is 10.0 Å². The van der Waals surface area contributed by atoms with Gasteiger partial charge in [-0.1, -0.05) is 13.8 Å². The second kappa shape index (κ2) is 3.57. The molecule has 0 aliphatic heterocycles. The number of benzene rings is 1. The summed E-state index contributed by atoms with van der Waals surface area (Å²) in [5.41, 5.74) is 1.74. The van der Waals surface area contributed by atoms with Crippen LogP contribution in [0.4, 0.5) is 5.69 Å². The molecule has 0 saturated carbocycles. The van der Waals surface area contributed by atoms with Gasteiger partial charge in [0, 0.05) is 16.7 Å². The first-order valence-corrected chi connectivity index (χ1v) is 7.24. The number of ketones is 1. The highest BCUT2D eigenvalue weighted by atomic mass is 32.2. The summed E-state index contributed by atoms with van der Waals surface area (Å²) in [6.07, 6.45) is 1.76. The van der Waals surface area contributed by atoms with Gasteiger partial charge in [0.1, 0.15) is 0 Å². The Kier molecular flexibility index (Phi) is 2.54. The van der Waals surface area contributed by atoms with Crippen LogP contribution in [0.3, 0.4) is 0 Å². The van der Waals surface area contributed by atoms with Crippen molar-refractivity contribution < 1.29 is 13.2 Å². The Labute approximate surface area is 101 Å². The van der Waals surface area contributed by atoms with Crippen molar-refractivity contribution in [2.24, 2.45) is 5.41 Å². The first-order chi connectivity index (χ1) is 7.69. The van der Waals surface area contributed by atoms with Gasteiger partial charge >= 0.3 is 0 Å². The number of sulfonamides is 1. The van der Waals surface area contributed by atoms with Gasteiger partial charge in [-0.15, -0.1) is 0 Å². The van der Waals surface area contributed by atoms with Crippen molar-refractivity contribution in [3.63, 3.8) is 0 Å². The first kappa shape index (κ1) is 12.1. The predicted molar refractivity (Wildman–Crippen MR) is 66.7 cm³/mol. The molecule has 0 radical (unpaired) electrons. The van der Waals surface area contributed by atoms with Crippen LogP contribution in [0.1, 0.15) is 29.8 Å². The Balaban J connectivity index is 2.39. The number of hydrogen-bond acceptors (Lipinski definition) is 3. The van der Waals surface area contributed by atoms with Crippen LogP contribution in [0.5, 0.6) is 0 Å². The fourth-order valence-electron chi connectivity index (χ4n) is 2.16. The molecule has 17 heavy (non-hydrogen) atoms. The molecule has 0 heterocycles. The van der Waals surface area contributed by atoms with Gasteiger partial charge < -0.3 is 0 Å². The Morgan fingerprint density at radius 3 is 2.53 bits per heavy atom. The number of fused-ring (bicyclic) bond motifs is 1. The third-order valence-electron chi connectivity index (χ3n) is 2.90. The summed E-state index contributed by atoms with van der Waals surface area (Å²) in [6, 6.07) is 5.06. The average Bonchev–Trinajstić information content (AvgIpc) is 2.34. The average molecular weight is 253 g/mol. The number of carbonyl (C=O) groups excluding carboxylic acids is 1. The Bertz CT molecular complexity index is 588. The highest BCUT2D eigenvalue weighted by Crippen LogP contribution is 2.37. The highest BCUT2D eigenvalue weighted by molar-refractivity contribution is 7.92. The number of nitrogens with one attached hydrogen (secondary N) is 1. The number of Topliss-reactive ketones (excluding diaryl/α,β-unsaturated/α-hetero) is 1. The van der Waals surface area contributed by atoms with Crippen molar-refractivity contribution in [1.29, 1.82) is 0 Å². The van der Waals surface area contributed by atoms with Crippen LogP contribution in [0, 0.1) is 5.41 Å². The molecule has 92 valence electrons. The smallest absolute Gasteiger partial charge is 0.229 e. The van der Waals surface area contributed by atoms with Crippen LogP contribution >= 0.6 is 0 Å². The zero-order valence-electron chi connectivity index (χ0n) is 10.1. The first-order valence-electron chi connectivity index (χ1n) is 5.34. The van der Waals surface area contributed by atoms with Gasteiger partial charge in [0.05, 0.1) is 6.26 Å². The summed E-state index contributed by atoms with van der Waals surface area (Å²) in [4.78, 5) is 12.0. The van der Waals surface area contributed by atoms with Crippen molar-refractivity contribution in [3.8, 4) is 0 Å². The Morgan fingerprint density at radius 1 is 1.29 bits per heavy atom. The highest BCUT2D eigenvalue weighted by Gasteiger charge is 2.37. The molecule has 0 amide bonds. The minimum absolute atomic E-state index is 0.124. The van der Waals surface area contributed by atoms with Crippen LogP contribution in [-0.4, -0.2) is 20.5 Å². The Morgan fingerprint density at radius 2 is 1.94 bits per heavy atom. The van der Waals surface area contributed by atoms with Crippen LogP contribution < -0.4 is 4.72 Å². The van der Waals surface area contributed by atoms with Crippen LogP contribution in [0.25, 0.3) is 0 Å². The minimum atomic E-state index is -3.27. The lowest BCUT2D eigenvalue weighted by molar-refractivity contribution is 0.0863. The van der Waals surface area contributed by atoms with E-state index in [-0.39, 0.29) is 11.2 Å². The molecule has 4 nitrogen and oxygen atoms in total. The van der Waals surface area contributed by atoms with Crippen molar-refractivity contribution in [3.05, 3.63) is 29.3 Å². The fraction of sp³-hybridized carbons (Fsp3) is 0.417. The normalized spacial score (nSPS) is 17.9. The van der Waals surface area contributed by atoms with Gasteiger partial charge in [0.25, 0.3) is 0 Å². The molecule has 0 spiro atoms. The molecule has 1 aromatic rings.